The molecular formula is C28H29N5S. The van der Waals surface area contributed by atoms with E-state index in [0.29, 0.717) is 5.11 Å². The number of aryl methyl sites for hydroxylation is 4. The van der Waals surface area contributed by atoms with Crippen molar-refractivity contribution < 1.29 is 0 Å². The summed E-state index contributed by atoms with van der Waals surface area (Å²) in [6.07, 6.45) is 3.76. The second kappa shape index (κ2) is 8.69. The number of thiocarbonyl (C=S) groups is 1. The first-order chi connectivity index (χ1) is 16.3. The molecule has 0 saturated carbocycles. The molecule has 1 saturated heterocycles. The van der Waals surface area contributed by atoms with Crippen molar-refractivity contribution >= 4 is 23.0 Å². The summed E-state index contributed by atoms with van der Waals surface area (Å²) < 4.78 is 2.23. The Morgan fingerprint density at radius 2 is 1.71 bits per heavy atom. The Hall–Kier alpha value is -3.51. The highest BCUT2D eigenvalue weighted by atomic mass is 32.1. The van der Waals surface area contributed by atoms with Crippen LogP contribution in [0.25, 0.3) is 5.82 Å². The third-order valence-corrected chi connectivity index (χ3v) is 7.10. The highest BCUT2D eigenvalue weighted by Gasteiger charge is 2.42. The third-order valence-electron chi connectivity index (χ3n) is 6.78. The van der Waals surface area contributed by atoms with Gasteiger partial charge in [0.15, 0.2) is 5.11 Å². The summed E-state index contributed by atoms with van der Waals surface area (Å²) >= 11 is 5.91. The Kier molecular flexibility index (Phi) is 5.70. The van der Waals surface area contributed by atoms with Crippen LogP contribution in [-0.4, -0.2) is 19.6 Å². The van der Waals surface area contributed by atoms with Gasteiger partial charge in [0, 0.05) is 29.5 Å². The van der Waals surface area contributed by atoms with Gasteiger partial charge < -0.3 is 14.8 Å². The zero-order chi connectivity index (χ0) is 24.0. The van der Waals surface area contributed by atoms with Crippen molar-refractivity contribution in [3.8, 4) is 5.82 Å². The third kappa shape index (κ3) is 3.78. The predicted molar refractivity (Wildman–Crippen MR) is 142 cm³/mol. The van der Waals surface area contributed by atoms with Crippen LogP contribution in [0.15, 0.2) is 67.0 Å². The standard InChI is InChI=1S/C28H29N5S/c1-17-9-12-25(30-16-17)32-20(4)15-23(21(32)5)27-26(24-8-6-7-13-29-24)31-28(34)33(27)22-11-10-18(2)19(3)14-22/h6-16,26-27H,1-5H3,(H,31,34)/t26-,27-/m0/s1. The fourth-order valence-electron chi connectivity index (χ4n) is 4.86. The average Bonchev–Trinajstić information content (AvgIpc) is 3.32. The summed E-state index contributed by atoms with van der Waals surface area (Å²) in [5.41, 5.74) is 9.22. The molecule has 5 rings (SSSR count). The van der Waals surface area contributed by atoms with Gasteiger partial charge in [-0.25, -0.2) is 4.98 Å². The largest absolute Gasteiger partial charge is 0.351 e. The van der Waals surface area contributed by atoms with Gasteiger partial charge in [0.2, 0.25) is 0 Å². The number of hydrogen-bond donors (Lipinski definition) is 1. The average molecular weight is 468 g/mol. The molecule has 0 spiro atoms. The van der Waals surface area contributed by atoms with Crippen LogP contribution in [0.1, 0.15) is 51.4 Å². The minimum absolute atomic E-state index is 0.0464. The molecule has 4 aromatic rings. The minimum atomic E-state index is -0.0739. The van der Waals surface area contributed by atoms with Crippen LogP contribution in [0.4, 0.5) is 5.69 Å². The molecule has 0 bridgehead atoms. The fraction of sp³-hybridized carbons (Fsp3) is 0.250. The van der Waals surface area contributed by atoms with Crippen LogP contribution < -0.4 is 10.2 Å². The summed E-state index contributed by atoms with van der Waals surface area (Å²) in [6.45, 7) is 10.6. The molecular weight excluding hydrogens is 438 g/mol. The normalized spacial score (nSPS) is 17.8. The number of nitrogens with zero attached hydrogens (tertiary/aromatic N) is 4. The molecule has 1 aromatic carbocycles. The lowest BCUT2D eigenvalue weighted by Gasteiger charge is -2.28. The number of aromatic nitrogens is 3. The first kappa shape index (κ1) is 22.3. The molecule has 0 amide bonds. The number of nitrogens with one attached hydrogen (secondary N) is 1. The van der Waals surface area contributed by atoms with Crippen molar-refractivity contribution in [1.29, 1.82) is 0 Å². The van der Waals surface area contributed by atoms with Crippen molar-refractivity contribution in [1.82, 2.24) is 19.9 Å². The summed E-state index contributed by atoms with van der Waals surface area (Å²) in [5.74, 6) is 0.924. The zero-order valence-electron chi connectivity index (χ0n) is 20.2. The lowest BCUT2D eigenvalue weighted by molar-refractivity contribution is 0.565. The van der Waals surface area contributed by atoms with E-state index < -0.39 is 0 Å². The van der Waals surface area contributed by atoms with Gasteiger partial charge in [0.1, 0.15) is 5.82 Å². The SMILES string of the molecule is Cc1ccc(-n2c(C)cc([C@H]3[C@H](c4ccccn4)NC(=S)N3c3ccc(C)c(C)c3)c2C)nc1. The van der Waals surface area contributed by atoms with Crippen molar-refractivity contribution in [3.63, 3.8) is 0 Å². The molecule has 5 nitrogen and oxygen atoms in total. The van der Waals surface area contributed by atoms with Crippen molar-refractivity contribution in [3.05, 3.63) is 106 Å². The van der Waals surface area contributed by atoms with Gasteiger partial charge in [-0.15, -0.1) is 0 Å². The van der Waals surface area contributed by atoms with Crippen LogP contribution in [0.3, 0.4) is 0 Å². The Labute approximate surface area is 206 Å². The molecule has 0 radical (unpaired) electrons. The number of pyridine rings is 2. The smallest absolute Gasteiger partial charge is 0.174 e. The number of rotatable bonds is 4. The van der Waals surface area contributed by atoms with E-state index in [4.69, 9.17) is 17.2 Å². The first-order valence-electron chi connectivity index (χ1n) is 11.5. The summed E-state index contributed by atoms with van der Waals surface area (Å²) in [6, 6.07) is 18.9. The lowest BCUT2D eigenvalue weighted by atomic mass is 9.96. The molecule has 4 heterocycles. The molecule has 1 N–H and O–H groups in total. The van der Waals surface area contributed by atoms with Crippen LogP contribution in [0.5, 0.6) is 0 Å². The van der Waals surface area contributed by atoms with Gasteiger partial charge in [-0.3, -0.25) is 4.98 Å². The highest BCUT2D eigenvalue weighted by Crippen LogP contribution is 2.43. The summed E-state index contributed by atoms with van der Waals surface area (Å²) in [7, 11) is 0. The second-order valence-corrected chi connectivity index (χ2v) is 9.51. The van der Waals surface area contributed by atoms with E-state index in [-0.39, 0.29) is 12.1 Å². The van der Waals surface area contributed by atoms with E-state index in [1.165, 1.54) is 16.7 Å². The van der Waals surface area contributed by atoms with Crippen LogP contribution in [-0.2, 0) is 0 Å². The molecule has 172 valence electrons. The highest BCUT2D eigenvalue weighted by molar-refractivity contribution is 7.80. The maximum absolute atomic E-state index is 5.91. The Morgan fingerprint density at radius 1 is 0.882 bits per heavy atom. The number of hydrogen-bond acceptors (Lipinski definition) is 3. The Bertz CT molecular complexity index is 1360. The number of anilines is 1. The quantitative estimate of drug-likeness (QED) is 0.374. The van der Waals surface area contributed by atoms with Crippen molar-refractivity contribution in [2.75, 3.05) is 4.90 Å². The minimum Gasteiger partial charge on any atom is -0.351 e. The lowest BCUT2D eigenvalue weighted by Crippen LogP contribution is -2.29. The van der Waals surface area contributed by atoms with Crippen molar-refractivity contribution in [2.45, 2.75) is 46.7 Å². The van der Waals surface area contributed by atoms with Crippen LogP contribution in [0.2, 0.25) is 0 Å². The van der Waals surface area contributed by atoms with Gasteiger partial charge in [-0.2, -0.15) is 0 Å². The summed E-state index contributed by atoms with van der Waals surface area (Å²) in [4.78, 5) is 11.6. The predicted octanol–water partition coefficient (Wildman–Crippen LogP) is 5.99. The molecule has 1 fully saturated rings. The maximum Gasteiger partial charge on any atom is 0.174 e. The Morgan fingerprint density at radius 3 is 2.38 bits per heavy atom. The van der Waals surface area contributed by atoms with E-state index in [9.17, 15) is 0 Å². The molecule has 6 heteroatoms. The second-order valence-electron chi connectivity index (χ2n) is 9.12. The van der Waals surface area contributed by atoms with E-state index >= 15 is 0 Å². The van der Waals surface area contributed by atoms with E-state index in [1.54, 1.807) is 0 Å². The van der Waals surface area contributed by atoms with Gasteiger partial charge in [-0.1, -0.05) is 18.2 Å². The van der Waals surface area contributed by atoms with Gasteiger partial charge >= 0.3 is 0 Å². The van der Waals surface area contributed by atoms with E-state index in [1.807, 2.05) is 24.5 Å². The van der Waals surface area contributed by atoms with Gasteiger partial charge in [0.05, 0.1) is 17.8 Å². The molecule has 0 aliphatic carbocycles. The Balaban J connectivity index is 1.68. The monoisotopic (exact) mass is 467 g/mol. The topological polar surface area (TPSA) is 46.0 Å². The van der Waals surface area contributed by atoms with Gasteiger partial charge in [-0.05, 0) is 105 Å². The molecule has 2 atom stereocenters. The molecule has 3 aromatic heterocycles. The summed E-state index contributed by atoms with van der Waals surface area (Å²) in [5, 5.41) is 4.28. The van der Waals surface area contributed by atoms with Crippen molar-refractivity contribution in [2.24, 2.45) is 0 Å². The molecule has 0 unspecified atom stereocenters. The van der Waals surface area contributed by atoms with Gasteiger partial charge in [0.25, 0.3) is 0 Å². The molecule has 1 aliphatic rings. The zero-order valence-corrected chi connectivity index (χ0v) is 21.0. The van der Waals surface area contributed by atoms with Crippen LogP contribution >= 0.6 is 12.2 Å². The molecule has 34 heavy (non-hydrogen) atoms. The van der Waals surface area contributed by atoms with E-state index in [0.717, 1.165) is 34.2 Å². The fourth-order valence-corrected chi connectivity index (χ4v) is 5.20. The van der Waals surface area contributed by atoms with E-state index in [2.05, 4.69) is 96.9 Å². The maximum atomic E-state index is 5.91. The number of benzene rings is 1. The first-order valence-corrected chi connectivity index (χ1v) is 12.0. The van der Waals surface area contributed by atoms with Crippen LogP contribution in [0, 0.1) is 34.6 Å². The molecule has 1 aliphatic heterocycles.